The minimum absolute atomic E-state index is 0.125. The van der Waals surface area contributed by atoms with Crippen LogP contribution in [-0.2, 0) is 6.18 Å². The lowest BCUT2D eigenvalue weighted by molar-refractivity contribution is -0.134. The molecule has 80 valence electrons. The van der Waals surface area contributed by atoms with Crippen molar-refractivity contribution in [3.05, 3.63) is 21.9 Å². The Morgan fingerprint density at radius 3 is 2.50 bits per heavy atom. The maximum atomic E-state index is 12.2. The van der Waals surface area contributed by atoms with E-state index >= 15 is 0 Å². The molecular weight excluding hydrogens is 215 g/mol. The predicted octanol–water partition coefficient (Wildman–Crippen LogP) is 2.15. The van der Waals surface area contributed by atoms with E-state index in [4.69, 9.17) is 10.8 Å². The van der Waals surface area contributed by atoms with Gasteiger partial charge in [-0.3, -0.25) is 0 Å². The Hall–Kier alpha value is -0.590. The molecule has 0 aliphatic carbocycles. The molecule has 0 spiro atoms. The van der Waals surface area contributed by atoms with E-state index in [0.29, 0.717) is 16.2 Å². The molecule has 1 atom stereocenters. The summed E-state index contributed by atoms with van der Waals surface area (Å²) in [5, 5.41) is 8.57. The molecule has 0 saturated heterocycles. The van der Waals surface area contributed by atoms with Crippen molar-refractivity contribution in [2.45, 2.75) is 18.6 Å². The second-order valence-electron chi connectivity index (χ2n) is 2.82. The summed E-state index contributed by atoms with van der Waals surface area (Å²) in [4.78, 5) is -0.202. The first-order valence-corrected chi connectivity index (χ1v) is 4.80. The molecule has 0 bridgehead atoms. The van der Waals surface area contributed by atoms with Crippen LogP contribution < -0.4 is 5.73 Å². The van der Waals surface area contributed by atoms with Gasteiger partial charge in [0.05, 0.1) is 0 Å². The van der Waals surface area contributed by atoms with Gasteiger partial charge in [0.2, 0.25) is 0 Å². The Morgan fingerprint density at radius 1 is 1.43 bits per heavy atom. The van der Waals surface area contributed by atoms with Crippen LogP contribution in [0.15, 0.2) is 12.1 Å². The van der Waals surface area contributed by atoms with E-state index in [1.54, 1.807) is 0 Å². The number of aliphatic hydroxyl groups is 1. The quantitative estimate of drug-likeness (QED) is 0.828. The predicted molar refractivity (Wildman–Crippen MR) is 48.0 cm³/mol. The Labute approximate surface area is 83.2 Å². The van der Waals surface area contributed by atoms with Crippen molar-refractivity contribution in [3.8, 4) is 0 Å². The van der Waals surface area contributed by atoms with E-state index in [-0.39, 0.29) is 13.0 Å². The average molecular weight is 225 g/mol. The summed E-state index contributed by atoms with van der Waals surface area (Å²) in [5.74, 6) is 0. The summed E-state index contributed by atoms with van der Waals surface area (Å²) in [6, 6.07) is 1.85. The van der Waals surface area contributed by atoms with Gasteiger partial charge in [-0.1, -0.05) is 0 Å². The molecule has 2 nitrogen and oxygen atoms in total. The zero-order valence-corrected chi connectivity index (χ0v) is 8.03. The molecule has 6 heteroatoms. The highest BCUT2D eigenvalue weighted by molar-refractivity contribution is 7.12. The Bertz CT molecular complexity index is 297. The number of hydrogen-bond acceptors (Lipinski definition) is 3. The number of aliphatic hydroxyl groups excluding tert-OH is 1. The Kier molecular flexibility index (Phi) is 3.52. The molecule has 0 amide bonds. The highest BCUT2D eigenvalue weighted by Crippen LogP contribution is 2.36. The fraction of sp³-hybridized carbons (Fsp3) is 0.500. The first kappa shape index (κ1) is 11.5. The molecule has 0 radical (unpaired) electrons. The van der Waals surface area contributed by atoms with Crippen LogP contribution in [0.5, 0.6) is 0 Å². The van der Waals surface area contributed by atoms with Crippen molar-refractivity contribution in [1.82, 2.24) is 0 Å². The first-order chi connectivity index (χ1) is 6.45. The van der Waals surface area contributed by atoms with Crippen LogP contribution >= 0.6 is 11.3 Å². The van der Waals surface area contributed by atoms with E-state index in [0.717, 1.165) is 6.07 Å². The smallest absolute Gasteiger partial charge is 0.396 e. The van der Waals surface area contributed by atoms with Gasteiger partial charge < -0.3 is 10.8 Å². The summed E-state index contributed by atoms with van der Waals surface area (Å²) in [7, 11) is 0. The van der Waals surface area contributed by atoms with E-state index < -0.39 is 17.1 Å². The second-order valence-corrected chi connectivity index (χ2v) is 3.93. The number of rotatable bonds is 3. The summed E-state index contributed by atoms with van der Waals surface area (Å²) >= 11 is 0.627. The van der Waals surface area contributed by atoms with E-state index in [2.05, 4.69) is 0 Å². The topological polar surface area (TPSA) is 46.2 Å². The number of thiophene rings is 1. The van der Waals surface area contributed by atoms with Crippen molar-refractivity contribution in [2.75, 3.05) is 6.61 Å². The molecule has 0 fully saturated rings. The second kappa shape index (κ2) is 4.29. The highest BCUT2D eigenvalue weighted by atomic mass is 32.1. The molecular formula is C8H10F3NOS. The van der Waals surface area contributed by atoms with Crippen molar-refractivity contribution in [3.63, 3.8) is 0 Å². The molecule has 1 unspecified atom stereocenters. The normalized spacial score (nSPS) is 14.4. The summed E-state index contributed by atoms with van der Waals surface area (Å²) in [6.07, 6.45) is -4.03. The average Bonchev–Trinajstić information content (AvgIpc) is 2.51. The van der Waals surface area contributed by atoms with Crippen LogP contribution in [0.4, 0.5) is 13.2 Å². The van der Waals surface area contributed by atoms with Crippen LogP contribution in [0.1, 0.15) is 22.2 Å². The van der Waals surface area contributed by atoms with Crippen LogP contribution in [0.25, 0.3) is 0 Å². The number of halogens is 3. The maximum absolute atomic E-state index is 12.2. The molecule has 0 aliphatic rings. The van der Waals surface area contributed by atoms with Crippen molar-refractivity contribution in [2.24, 2.45) is 5.73 Å². The fourth-order valence-corrected chi connectivity index (χ4v) is 1.90. The van der Waals surface area contributed by atoms with E-state index in [1.807, 2.05) is 0 Å². The van der Waals surface area contributed by atoms with Gasteiger partial charge in [-0.15, -0.1) is 11.3 Å². The zero-order valence-electron chi connectivity index (χ0n) is 7.21. The molecule has 1 rings (SSSR count). The van der Waals surface area contributed by atoms with Gasteiger partial charge in [0.15, 0.2) is 0 Å². The molecule has 1 aromatic rings. The third-order valence-corrected chi connectivity index (χ3v) is 2.97. The SMILES string of the molecule is NC(CCO)c1ccc(C(F)(F)F)s1. The third kappa shape index (κ3) is 2.70. The number of hydrogen-bond donors (Lipinski definition) is 2. The summed E-state index contributed by atoms with van der Waals surface area (Å²) in [5.41, 5.74) is 5.55. The van der Waals surface area contributed by atoms with Crippen molar-refractivity contribution in [1.29, 1.82) is 0 Å². The van der Waals surface area contributed by atoms with E-state index in [9.17, 15) is 13.2 Å². The molecule has 1 aromatic heterocycles. The standard InChI is InChI=1S/C8H10F3NOS/c9-8(10,11)7-2-1-6(14-7)5(12)3-4-13/h1-2,5,13H,3-4,12H2. The largest absolute Gasteiger partial charge is 0.425 e. The van der Waals surface area contributed by atoms with Crippen LogP contribution in [0.2, 0.25) is 0 Å². The van der Waals surface area contributed by atoms with Gasteiger partial charge in [-0.05, 0) is 18.6 Å². The Balaban J connectivity index is 2.78. The maximum Gasteiger partial charge on any atom is 0.425 e. The highest BCUT2D eigenvalue weighted by Gasteiger charge is 2.32. The van der Waals surface area contributed by atoms with E-state index in [1.165, 1.54) is 6.07 Å². The van der Waals surface area contributed by atoms with Gasteiger partial charge >= 0.3 is 6.18 Å². The zero-order chi connectivity index (χ0) is 10.8. The monoisotopic (exact) mass is 225 g/mol. The van der Waals surface area contributed by atoms with Crippen molar-refractivity contribution >= 4 is 11.3 Å². The lowest BCUT2D eigenvalue weighted by Crippen LogP contribution is -2.10. The molecule has 0 aromatic carbocycles. The van der Waals surface area contributed by atoms with Crippen molar-refractivity contribution < 1.29 is 18.3 Å². The number of nitrogens with two attached hydrogens (primary N) is 1. The Morgan fingerprint density at radius 2 is 2.07 bits per heavy atom. The molecule has 0 saturated carbocycles. The summed E-state index contributed by atoms with van der Waals surface area (Å²) in [6.45, 7) is -0.125. The van der Waals surface area contributed by atoms with Gasteiger partial charge in [0, 0.05) is 17.5 Å². The van der Waals surface area contributed by atoms with Gasteiger partial charge in [-0.2, -0.15) is 13.2 Å². The first-order valence-electron chi connectivity index (χ1n) is 3.98. The van der Waals surface area contributed by atoms with Crippen LogP contribution in [0.3, 0.4) is 0 Å². The lowest BCUT2D eigenvalue weighted by atomic mass is 10.2. The van der Waals surface area contributed by atoms with Crippen LogP contribution in [0, 0.1) is 0 Å². The molecule has 3 N–H and O–H groups in total. The molecule has 1 heterocycles. The van der Waals surface area contributed by atoms with Gasteiger partial charge in [0.1, 0.15) is 4.88 Å². The van der Waals surface area contributed by atoms with Crippen LogP contribution in [-0.4, -0.2) is 11.7 Å². The minimum Gasteiger partial charge on any atom is -0.396 e. The fourth-order valence-electron chi connectivity index (χ4n) is 0.986. The van der Waals surface area contributed by atoms with Gasteiger partial charge in [0.25, 0.3) is 0 Å². The summed E-state index contributed by atoms with van der Waals surface area (Å²) < 4.78 is 36.5. The molecule has 14 heavy (non-hydrogen) atoms. The number of alkyl halides is 3. The molecule has 0 aliphatic heterocycles. The third-order valence-electron chi connectivity index (χ3n) is 1.71. The minimum atomic E-state index is -4.30. The van der Waals surface area contributed by atoms with Gasteiger partial charge in [-0.25, -0.2) is 0 Å². The lowest BCUT2D eigenvalue weighted by Gasteiger charge is -2.06.